The number of ether oxygens (including phenoxy) is 1. The lowest BCUT2D eigenvalue weighted by molar-refractivity contribution is -0.137. The smallest absolute Gasteiger partial charge is 0.380 e. The molecule has 1 saturated heterocycles. The molecule has 2 unspecified atom stereocenters. The third-order valence-electron chi connectivity index (χ3n) is 5.50. The van der Waals surface area contributed by atoms with Gasteiger partial charge in [-0.15, -0.1) is 0 Å². The number of alkyl halides is 3. The van der Waals surface area contributed by atoms with Crippen molar-refractivity contribution in [1.82, 2.24) is 19.9 Å². The van der Waals surface area contributed by atoms with Gasteiger partial charge in [0.2, 0.25) is 5.95 Å². The number of hydrogen-bond donors (Lipinski definition) is 3. The van der Waals surface area contributed by atoms with E-state index in [2.05, 4.69) is 25.3 Å². The zero-order chi connectivity index (χ0) is 21.6. The summed E-state index contributed by atoms with van der Waals surface area (Å²) in [5, 5.41) is 4.65. The minimum absolute atomic E-state index is 0.00892. The molecule has 2 atom stereocenters. The van der Waals surface area contributed by atoms with Crippen LogP contribution in [0.4, 0.5) is 19.1 Å². The molecule has 4 N–H and O–H groups in total. The summed E-state index contributed by atoms with van der Waals surface area (Å²) in [5.74, 6) is 0.432. The summed E-state index contributed by atoms with van der Waals surface area (Å²) in [6.45, 7) is 1.08. The van der Waals surface area contributed by atoms with E-state index in [1.165, 1.54) is 6.07 Å². The number of nitrogens with zero attached hydrogens (tertiary/aromatic N) is 3. The first kappa shape index (κ1) is 19.7. The molecule has 31 heavy (non-hydrogen) atoms. The molecule has 1 fully saturated rings. The van der Waals surface area contributed by atoms with Crippen LogP contribution < -0.4 is 11.1 Å². The molecule has 0 amide bonds. The Kier molecular flexibility index (Phi) is 4.75. The zero-order valence-electron chi connectivity index (χ0n) is 16.3. The molecule has 4 heterocycles. The largest absolute Gasteiger partial charge is 0.416 e. The fraction of sp³-hybridized carbons (Fsp3) is 0.286. The second-order valence-corrected chi connectivity index (χ2v) is 7.56. The number of anilines is 1. The topological polar surface area (TPSA) is 102 Å². The summed E-state index contributed by atoms with van der Waals surface area (Å²) in [5.41, 5.74) is 7.87. The molecular formula is C21H19F3N6O. The summed E-state index contributed by atoms with van der Waals surface area (Å²) < 4.78 is 44.5. The van der Waals surface area contributed by atoms with Crippen molar-refractivity contribution >= 4 is 27.8 Å². The Morgan fingerprint density at radius 2 is 2.03 bits per heavy atom. The van der Waals surface area contributed by atoms with Gasteiger partial charge < -0.3 is 20.8 Å². The minimum Gasteiger partial charge on any atom is -0.380 e. The fourth-order valence-electron chi connectivity index (χ4n) is 3.85. The van der Waals surface area contributed by atoms with Crippen molar-refractivity contribution in [2.45, 2.75) is 24.7 Å². The van der Waals surface area contributed by atoms with Crippen LogP contribution in [-0.2, 0) is 10.9 Å². The van der Waals surface area contributed by atoms with E-state index < -0.39 is 11.7 Å². The number of hydrogen-bond acceptors (Lipinski definition) is 6. The molecule has 0 saturated carbocycles. The fourth-order valence-corrected chi connectivity index (χ4v) is 3.85. The molecule has 0 aliphatic carbocycles. The van der Waals surface area contributed by atoms with E-state index in [-0.39, 0.29) is 12.1 Å². The molecule has 1 aliphatic rings. The van der Waals surface area contributed by atoms with Crippen molar-refractivity contribution < 1.29 is 17.9 Å². The SMILES string of the molecule is NC1COCCC1Nc1ncc2cncc(-c3c[nH]c4cc(C(F)(F)F)ccc34)c2n1. The predicted molar refractivity (Wildman–Crippen MR) is 110 cm³/mol. The van der Waals surface area contributed by atoms with Gasteiger partial charge >= 0.3 is 6.18 Å². The van der Waals surface area contributed by atoms with Gasteiger partial charge in [-0.25, -0.2) is 9.97 Å². The number of fused-ring (bicyclic) bond motifs is 2. The summed E-state index contributed by atoms with van der Waals surface area (Å²) in [6.07, 6.45) is 2.99. The van der Waals surface area contributed by atoms with Crippen molar-refractivity contribution in [2.24, 2.45) is 5.73 Å². The summed E-state index contributed by atoms with van der Waals surface area (Å²) >= 11 is 0. The molecule has 1 aromatic carbocycles. The van der Waals surface area contributed by atoms with Gasteiger partial charge in [0.15, 0.2) is 0 Å². The molecular weight excluding hydrogens is 409 g/mol. The van der Waals surface area contributed by atoms with Gasteiger partial charge in [0.25, 0.3) is 0 Å². The lowest BCUT2D eigenvalue weighted by Gasteiger charge is -2.29. The van der Waals surface area contributed by atoms with E-state index in [9.17, 15) is 13.2 Å². The highest BCUT2D eigenvalue weighted by Gasteiger charge is 2.31. The van der Waals surface area contributed by atoms with Gasteiger partial charge in [-0.3, -0.25) is 4.98 Å². The standard InChI is InChI=1S/C21H19F3N6O/c22-21(23,24)12-1-2-13-14(9-27-18(13)5-12)15-8-26-6-11-7-28-20(30-19(11)15)29-17-3-4-31-10-16(17)25/h1-2,5-9,16-17,27H,3-4,10,25H2,(H,28,29,30). The van der Waals surface area contributed by atoms with E-state index >= 15 is 0 Å². The average Bonchev–Trinajstić information content (AvgIpc) is 3.17. The van der Waals surface area contributed by atoms with Crippen LogP contribution >= 0.6 is 0 Å². The number of aromatic nitrogens is 4. The average molecular weight is 428 g/mol. The number of aromatic amines is 1. The maximum atomic E-state index is 13.1. The maximum Gasteiger partial charge on any atom is 0.416 e. The van der Waals surface area contributed by atoms with E-state index in [1.807, 2.05) is 0 Å². The highest BCUT2D eigenvalue weighted by atomic mass is 19.4. The van der Waals surface area contributed by atoms with Crippen LogP contribution in [-0.4, -0.2) is 45.2 Å². The molecule has 160 valence electrons. The Hall–Kier alpha value is -3.24. The Morgan fingerprint density at radius 1 is 1.16 bits per heavy atom. The molecule has 7 nitrogen and oxygen atoms in total. The maximum absolute atomic E-state index is 13.1. The van der Waals surface area contributed by atoms with Gasteiger partial charge in [-0.2, -0.15) is 13.2 Å². The van der Waals surface area contributed by atoms with Crippen LogP contribution in [0.3, 0.4) is 0 Å². The first-order chi connectivity index (χ1) is 14.9. The molecule has 1 aliphatic heterocycles. The number of nitrogens with two attached hydrogens (primary N) is 1. The summed E-state index contributed by atoms with van der Waals surface area (Å²) in [4.78, 5) is 16.2. The Balaban J connectivity index is 1.57. The van der Waals surface area contributed by atoms with Gasteiger partial charge in [-0.05, 0) is 18.6 Å². The van der Waals surface area contributed by atoms with Crippen molar-refractivity contribution in [3.05, 3.63) is 48.5 Å². The lowest BCUT2D eigenvalue weighted by atomic mass is 10.0. The number of rotatable bonds is 3. The molecule has 0 radical (unpaired) electrons. The van der Waals surface area contributed by atoms with Crippen LogP contribution in [0.25, 0.3) is 32.9 Å². The van der Waals surface area contributed by atoms with Crippen LogP contribution in [0, 0.1) is 0 Å². The Labute approximate surface area is 174 Å². The van der Waals surface area contributed by atoms with Crippen LogP contribution in [0.2, 0.25) is 0 Å². The molecule has 10 heteroatoms. The lowest BCUT2D eigenvalue weighted by Crippen LogP contribution is -2.47. The quantitative estimate of drug-likeness (QED) is 0.460. The van der Waals surface area contributed by atoms with Gasteiger partial charge in [-0.1, -0.05) is 6.07 Å². The number of H-pyrrole nitrogens is 1. The highest BCUT2D eigenvalue weighted by molar-refractivity contribution is 6.03. The first-order valence-corrected chi connectivity index (χ1v) is 9.79. The van der Waals surface area contributed by atoms with E-state index in [0.717, 1.165) is 23.9 Å². The Bertz CT molecular complexity index is 1260. The highest BCUT2D eigenvalue weighted by Crippen LogP contribution is 2.36. The second-order valence-electron chi connectivity index (χ2n) is 7.56. The predicted octanol–water partition coefficient (Wildman–Crippen LogP) is 3.72. The third-order valence-corrected chi connectivity index (χ3v) is 5.50. The summed E-state index contributed by atoms with van der Waals surface area (Å²) in [6, 6.07) is 3.47. The van der Waals surface area contributed by atoms with Crippen molar-refractivity contribution in [2.75, 3.05) is 18.5 Å². The minimum atomic E-state index is -4.40. The van der Waals surface area contributed by atoms with Gasteiger partial charge in [0.1, 0.15) is 0 Å². The Morgan fingerprint density at radius 3 is 2.84 bits per heavy atom. The molecule has 5 rings (SSSR count). The number of pyridine rings is 1. The van der Waals surface area contributed by atoms with Crippen LogP contribution in [0.1, 0.15) is 12.0 Å². The monoisotopic (exact) mass is 428 g/mol. The van der Waals surface area contributed by atoms with E-state index in [1.54, 1.807) is 24.8 Å². The summed E-state index contributed by atoms with van der Waals surface area (Å²) in [7, 11) is 0. The molecule has 0 bridgehead atoms. The number of benzene rings is 1. The van der Waals surface area contributed by atoms with Crippen LogP contribution in [0.15, 0.2) is 43.0 Å². The van der Waals surface area contributed by atoms with Crippen LogP contribution in [0.5, 0.6) is 0 Å². The van der Waals surface area contributed by atoms with Gasteiger partial charge in [0.05, 0.1) is 17.7 Å². The molecule has 4 aromatic rings. The van der Waals surface area contributed by atoms with E-state index in [4.69, 9.17) is 10.5 Å². The third kappa shape index (κ3) is 3.68. The molecule has 0 spiro atoms. The zero-order valence-corrected chi connectivity index (χ0v) is 16.3. The second kappa shape index (κ2) is 7.47. The first-order valence-electron chi connectivity index (χ1n) is 9.79. The van der Waals surface area contributed by atoms with Gasteiger partial charge in [0, 0.05) is 70.9 Å². The van der Waals surface area contributed by atoms with E-state index in [0.29, 0.717) is 46.7 Å². The number of nitrogens with one attached hydrogen (secondary N) is 2. The van der Waals surface area contributed by atoms with Crippen molar-refractivity contribution in [3.8, 4) is 11.1 Å². The van der Waals surface area contributed by atoms with Crippen molar-refractivity contribution in [1.29, 1.82) is 0 Å². The van der Waals surface area contributed by atoms with Crippen molar-refractivity contribution in [3.63, 3.8) is 0 Å². The number of halogens is 3. The molecule has 3 aromatic heterocycles. The normalized spacial score (nSPS) is 19.7.